The zero-order chi connectivity index (χ0) is 18.3. The molecule has 24 heavy (non-hydrogen) atoms. The van der Waals surface area contributed by atoms with Gasteiger partial charge in [0.15, 0.2) is 0 Å². The molecule has 1 aliphatic heterocycles. The number of nitrogens with zero attached hydrogens (tertiary/aromatic N) is 2. The number of ether oxygens (including phenoxy) is 2. The Morgan fingerprint density at radius 1 is 1.12 bits per heavy atom. The van der Waals surface area contributed by atoms with E-state index in [2.05, 4.69) is 5.32 Å². The van der Waals surface area contributed by atoms with Crippen molar-refractivity contribution >= 4 is 18.1 Å². The molecule has 0 unspecified atom stereocenters. The molecule has 1 rings (SSSR count). The molecule has 9 heteroatoms. The van der Waals surface area contributed by atoms with Gasteiger partial charge in [-0.05, 0) is 27.7 Å². The van der Waals surface area contributed by atoms with Crippen LogP contribution < -0.4 is 11.1 Å². The molecule has 0 aliphatic carbocycles. The Kier molecular flexibility index (Phi) is 7.27. The van der Waals surface area contributed by atoms with Crippen LogP contribution in [0, 0.1) is 0 Å². The van der Waals surface area contributed by atoms with Gasteiger partial charge < -0.3 is 30.3 Å². The minimum Gasteiger partial charge on any atom is -0.450 e. The van der Waals surface area contributed by atoms with E-state index in [1.54, 1.807) is 37.5 Å². The second-order valence-corrected chi connectivity index (χ2v) is 6.50. The zero-order valence-electron chi connectivity index (χ0n) is 14.8. The highest BCUT2D eigenvalue weighted by atomic mass is 16.6. The Hall–Kier alpha value is -2.03. The summed E-state index contributed by atoms with van der Waals surface area (Å²) in [7, 11) is 0. The number of nitrogens with two attached hydrogens (primary N) is 1. The normalized spacial score (nSPS) is 16.4. The molecule has 0 radical (unpaired) electrons. The molecule has 1 aliphatic rings. The largest absolute Gasteiger partial charge is 0.450 e. The van der Waals surface area contributed by atoms with Gasteiger partial charge in [0.1, 0.15) is 11.6 Å². The second kappa shape index (κ2) is 8.72. The van der Waals surface area contributed by atoms with Crippen molar-refractivity contribution in [2.45, 2.75) is 39.3 Å². The van der Waals surface area contributed by atoms with Crippen LogP contribution in [0.15, 0.2) is 0 Å². The summed E-state index contributed by atoms with van der Waals surface area (Å²) in [5.74, 6) is -0.269. The quantitative estimate of drug-likeness (QED) is 0.750. The Morgan fingerprint density at radius 2 is 1.67 bits per heavy atom. The Labute approximate surface area is 142 Å². The van der Waals surface area contributed by atoms with Crippen LogP contribution in [-0.2, 0) is 14.3 Å². The lowest BCUT2D eigenvalue weighted by molar-refractivity contribution is -0.134. The van der Waals surface area contributed by atoms with E-state index in [1.807, 2.05) is 0 Å². The number of carbonyl (C=O) groups excluding carboxylic acids is 3. The Bertz CT molecular complexity index is 455. The Morgan fingerprint density at radius 3 is 2.17 bits per heavy atom. The highest BCUT2D eigenvalue weighted by Gasteiger charge is 2.28. The fourth-order valence-corrected chi connectivity index (χ4v) is 2.15. The first-order valence-corrected chi connectivity index (χ1v) is 8.07. The van der Waals surface area contributed by atoms with Crippen molar-refractivity contribution in [2.75, 3.05) is 39.3 Å². The lowest BCUT2D eigenvalue weighted by Gasteiger charge is -2.35. The average molecular weight is 344 g/mol. The molecule has 0 bridgehead atoms. The van der Waals surface area contributed by atoms with Crippen LogP contribution >= 0.6 is 0 Å². The van der Waals surface area contributed by atoms with Crippen LogP contribution in [0.3, 0.4) is 0 Å². The van der Waals surface area contributed by atoms with Crippen LogP contribution in [-0.4, -0.2) is 78.9 Å². The molecule has 0 aromatic heterocycles. The summed E-state index contributed by atoms with van der Waals surface area (Å²) in [6, 6.07) is -0.855. The number of nitrogens with one attached hydrogen (secondary N) is 1. The van der Waals surface area contributed by atoms with Gasteiger partial charge in [-0.15, -0.1) is 0 Å². The average Bonchev–Trinajstić information content (AvgIpc) is 2.50. The molecular weight excluding hydrogens is 316 g/mol. The molecule has 1 fully saturated rings. The molecule has 0 aromatic carbocycles. The number of rotatable bonds is 4. The summed E-state index contributed by atoms with van der Waals surface area (Å²) >= 11 is 0. The van der Waals surface area contributed by atoms with Gasteiger partial charge in [-0.1, -0.05) is 0 Å². The van der Waals surface area contributed by atoms with E-state index in [9.17, 15) is 14.4 Å². The van der Waals surface area contributed by atoms with E-state index in [1.165, 1.54) is 0 Å². The first kappa shape index (κ1) is 20.0. The maximum atomic E-state index is 12.3. The molecule has 0 aromatic rings. The summed E-state index contributed by atoms with van der Waals surface area (Å²) in [6.45, 7) is 8.88. The third kappa shape index (κ3) is 6.61. The predicted molar refractivity (Wildman–Crippen MR) is 87.4 cm³/mol. The van der Waals surface area contributed by atoms with Crippen LogP contribution in [0.2, 0.25) is 0 Å². The third-order valence-electron chi connectivity index (χ3n) is 3.30. The fraction of sp³-hybridized carbons (Fsp3) is 0.800. The number of piperazine rings is 1. The maximum absolute atomic E-state index is 12.3. The fourth-order valence-electron chi connectivity index (χ4n) is 2.15. The van der Waals surface area contributed by atoms with Crippen molar-refractivity contribution in [1.29, 1.82) is 0 Å². The molecule has 1 saturated heterocycles. The van der Waals surface area contributed by atoms with Crippen molar-refractivity contribution in [3.63, 3.8) is 0 Å². The first-order chi connectivity index (χ1) is 11.1. The van der Waals surface area contributed by atoms with Gasteiger partial charge in [0.05, 0.1) is 6.61 Å². The monoisotopic (exact) mass is 344 g/mol. The summed E-state index contributed by atoms with van der Waals surface area (Å²) < 4.78 is 10.0. The lowest BCUT2D eigenvalue weighted by atomic mass is 10.2. The molecule has 3 N–H and O–H groups in total. The number of amides is 3. The summed E-state index contributed by atoms with van der Waals surface area (Å²) in [4.78, 5) is 38.6. The highest BCUT2D eigenvalue weighted by molar-refractivity contribution is 5.83. The predicted octanol–water partition coefficient (Wildman–Crippen LogP) is 0.139. The van der Waals surface area contributed by atoms with Crippen molar-refractivity contribution in [3.05, 3.63) is 0 Å². The number of hydrogen-bond donors (Lipinski definition) is 2. The number of carbonyl (C=O) groups is 3. The van der Waals surface area contributed by atoms with Crippen molar-refractivity contribution in [2.24, 2.45) is 5.73 Å². The topological polar surface area (TPSA) is 114 Å². The molecule has 3 amide bonds. The van der Waals surface area contributed by atoms with Crippen molar-refractivity contribution in [1.82, 2.24) is 15.1 Å². The molecular formula is C15H28N4O5. The molecule has 138 valence electrons. The van der Waals surface area contributed by atoms with Gasteiger partial charge in [-0.25, -0.2) is 9.59 Å². The van der Waals surface area contributed by atoms with Gasteiger partial charge in [0.25, 0.3) is 0 Å². The van der Waals surface area contributed by atoms with Crippen LogP contribution in [0.25, 0.3) is 0 Å². The van der Waals surface area contributed by atoms with E-state index in [0.29, 0.717) is 32.8 Å². The van der Waals surface area contributed by atoms with Gasteiger partial charge in [-0.2, -0.15) is 0 Å². The van der Waals surface area contributed by atoms with E-state index in [-0.39, 0.29) is 18.5 Å². The van der Waals surface area contributed by atoms with Crippen molar-refractivity contribution in [3.8, 4) is 0 Å². The van der Waals surface area contributed by atoms with Crippen LogP contribution in [0.1, 0.15) is 27.7 Å². The van der Waals surface area contributed by atoms with Gasteiger partial charge in [0, 0.05) is 32.7 Å². The minimum absolute atomic E-state index is 0.00810. The van der Waals surface area contributed by atoms with E-state index < -0.39 is 17.7 Å². The number of alkyl carbamates (subject to hydrolysis) is 1. The highest BCUT2D eigenvalue weighted by Crippen LogP contribution is 2.07. The standard InChI is InChI=1S/C15H28N4O5/c1-5-23-14(22)19-8-6-18(7-9-19)12(20)11(16)10-17-13(21)24-15(2,3)4/h11H,5-10,16H2,1-4H3,(H,17,21)/t11-/m0/s1. The van der Waals surface area contributed by atoms with Crippen LogP contribution in [0.4, 0.5) is 9.59 Å². The van der Waals surface area contributed by atoms with Gasteiger partial charge in [0.2, 0.25) is 5.91 Å². The lowest BCUT2D eigenvalue weighted by Crippen LogP contribution is -2.56. The van der Waals surface area contributed by atoms with E-state index in [4.69, 9.17) is 15.2 Å². The SMILES string of the molecule is CCOC(=O)N1CCN(C(=O)[C@@H](N)CNC(=O)OC(C)(C)C)CC1. The smallest absolute Gasteiger partial charge is 0.409 e. The molecule has 9 nitrogen and oxygen atoms in total. The van der Waals surface area contributed by atoms with Gasteiger partial charge >= 0.3 is 12.2 Å². The summed E-state index contributed by atoms with van der Waals surface area (Å²) in [6.07, 6.45) is -0.988. The van der Waals surface area contributed by atoms with Crippen molar-refractivity contribution < 1.29 is 23.9 Å². The molecule has 0 saturated carbocycles. The second-order valence-electron chi connectivity index (χ2n) is 6.50. The molecule has 1 heterocycles. The zero-order valence-corrected chi connectivity index (χ0v) is 14.8. The van der Waals surface area contributed by atoms with Gasteiger partial charge in [-0.3, -0.25) is 4.79 Å². The molecule has 0 spiro atoms. The number of hydrogen-bond acceptors (Lipinski definition) is 6. The van der Waals surface area contributed by atoms with E-state index in [0.717, 1.165) is 0 Å². The Balaban J connectivity index is 2.37. The third-order valence-corrected chi connectivity index (χ3v) is 3.30. The van der Waals surface area contributed by atoms with Crippen LogP contribution in [0.5, 0.6) is 0 Å². The summed E-state index contributed by atoms with van der Waals surface area (Å²) in [5, 5.41) is 2.48. The maximum Gasteiger partial charge on any atom is 0.409 e. The molecule has 1 atom stereocenters. The first-order valence-electron chi connectivity index (χ1n) is 8.07. The summed E-state index contributed by atoms with van der Waals surface area (Å²) in [5.41, 5.74) is 5.23. The minimum atomic E-state index is -0.855. The van der Waals surface area contributed by atoms with E-state index >= 15 is 0 Å².